The van der Waals surface area contributed by atoms with Crippen molar-refractivity contribution in [2.45, 2.75) is 12.7 Å². The largest absolute Gasteiger partial charge is 0.434 e. The Labute approximate surface area is 106 Å². The van der Waals surface area contributed by atoms with Gasteiger partial charge in [0.1, 0.15) is 5.01 Å². The Morgan fingerprint density at radius 2 is 1.94 bits per heavy atom. The summed E-state index contributed by atoms with van der Waals surface area (Å²) in [5, 5.41) is 3.08. The van der Waals surface area contributed by atoms with Crippen LogP contribution in [0.1, 0.15) is 10.6 Å². The number of thiazole rings is 1. The van der Waals surface area contributed by atoms with Crippen molar-refractivity contribution >= 4 is 11.3 Å². The van der Waals surface area contributed by atoms with Gasteiger partial charge in [-0.25, -0.2) is 4.98 Å². The number of hydrogen-bond acceptors (Lipinski definition) is 4. The van der Waals surface area contributed by atoms with Gasteiger partial charge in [-0.3, -0.25) is 4.98 Å². The average Bonchev–Trinajstić information content (AvgIpc) is 2.75. The molecule has 0 aliphatic carbocycles. The molecule has 0 aromatic carbocycles. The summed E-state index contributed by atoms with van der Waals surface area (Å²) in [6.45, 7) is 0.150. The highest BCUT2D eigenvalue weighted by Crippen LogP contribution is 2.37. The molecule has 0 atom stereocenters. The van der Waals surface area contributed by atoms with Gasteiger partial charge in [0.2, 0.25) is 0 Å². The van der Waals surface area contributed by atoms with Crippen LogP contribution in [-0.4, -0.2) is 17.0 Å². The Bertz CT molecular complexity index is 522. The minimum atomic E-state index is -4.42. The number of nitrogens with one attached hydrogen (secondary N) is 1. The topological polar surface area (TPSA) is 37.8 Å². The van der Waals surface area contributed by atoms with Crippen molar-refractivity contribution < 1.29 is 13.2 Å². The maximum Gasteiger partial charge on any atom is 0.434 e. The summed E-state index contributed by atoms with van der Waals surface area (Å²) in [5.41, 5.74) is -0.170. The van der Waals surface area contributed by atoms with E-state index in [4.69, 9.17) is 0 Å². The molecule has 0 aliphatic heterocycles. The molecule has 2 heterocycles. The third-order valence-corrected chi connectivity index (χ3v) is 3.33. The third kappa shape index (κ3) is 2.68. The predicted molar refractivity (Wildman–Crippen MR) is 63.1 cm³/mol. The Morgan fingerprint density at radius 3 is 2.50 bits per heavy atom. The summed E-state index contributed by atoms with van der Waals surface area (Å²) in [4.78, 5) is 7.72. The fourth-order valence-electron chi connectivity index (χ4n) is 1.47. The van der Waals surface area contributed by atoms with E-state index in [9.17, 15) is 13.2 Å². The summed E-state index contributed by atoms with van der Waals surface area (Å²) >= 11 is 1.04. The molecule has 0 spiro atoms. The number of halogens is 3. The van der Waals surface area contributed by atoms with Crippen LogP contribution in [-0.2, 0) is 12.7 Å². The summed E-state index contributed by atoms with van der Waals surface area (Å²) in [7, 11) is 1.60. The zero-order valence-corrected chi connectivity index (χ0v) is 10.3. The molecule has 2 aromatic heterocycles. The minimum Gasteiger partial charge on any atom is -0.315 e. The second kappa shape index (κ2) is 5.03. The van der Waals surface area contributed by atoms with Crippen molar-refractivity contribution in [3.63, 3.8) is 0 Å². The zero-order valence-electron chi connectivity index (χ0n) is 9.45. The van der Waals surface area contributed by atoms with E-state index in [1.807, 2.05) is 0 Å². The van der Waals surface area contributed by atoms with E-state index in [1.54, 1.807) is 19.2 Å². The van der Waals surface area contributed by atoms with Gasteiger partial charge in [0.25, 0.3) is 0 Å². The highest BCUT2D eigenvalue weighted by Gasteiger charge is 2.37. The lowest BCUT2D eigenvalue weighted by Gasteiger charge is -2.04. The lowest BCUT2D eigenvalue weighted by Crippen LogP contribution is -2.12. The second-order valence-corrected chi connectivity index (χ2v) is 4.64. The first-order chi connectivity index (χ1) is 8.52. The first-order valence-corrected chi connectivity index (χ1v) is 5.96. The number of rotatable bonds is 3. The summed E-state index contributed by atoms with van der Waals surface area (Å²) in [5.74, 6) is 0. The molecule has 0 aliphatic rings. The van der Waals surface area contributed by atoms with E-state index in [0.29, 0.717) is 10.6 Å². The van der Waals surface area contributed by atoms with E-state index < -0.39 is 11.9 Å². The Morgan fingerprint density at radius 1 is 1.28 bits per heavy atom. The molecule has 2 aromatic rings. The number of alkyl halides is 3. The molecule has 18 heavy (non-hydrogen) atoms. The smallest absolute Gasteiger partial charge is 0.315 e. The van der Waals surface area contributed by atoms with Gasteiger partial charge >= 0.3 is 6.18 Å². The average molecular weight is 273 g/mol. The molecule has 1 N–H and O–H groups in total. The quantitative estimate of drug-likeness (QED) is 0.934. The number of aromatic nitrogens is 2. The van der Waals surface area contributed by atoms with Crippen molar-refractivity contribution in [3.05, 3.63) is 35.1 Å². The van der Waals surface area contributed by atoms with E-state index in [0.717, 1.165) is 11.3 Å². The van der Waals surface area contributed by atoms with Crippen LogP contribution in [0, 0.1) is 0 Å². The van der Waals surface area contributed by atoms with E-state index in [2.05, 4.69) is 15.3 Å². The number of nitrogens with zero attached hydrogens (tertiary/aromatic N) is 2. The minimum absolute atomic E-state index is 0.150. The van der Waals surface area contributed by atoms with Crippen LogP contribution in [0.5, 0.6) is 0 Å². The van der Waals surface area contributed by atoms with Crippen molar-refractivity contribution in [1.82, 2.24) is 15.3 Å². The molecule has 0 fully saturated rings. The van der Waals surface area contributed by atoms with Gasteiger partial charge in [0.05, 0.1) is 4.88 Å². The molecule has 0 bridgehead atoms. The van der Waals surface area contributed by atoms with E-state index in [-0.39, 0.29) is 11.4 Å². The van der Waals surface area contributed by atoms with Gasteiger partial charge in [-0.2, -0.15) is 13.2 Å². The highest BCUT2D eigenvalue weighted by atomic mass is 32.1. The van der Waals surface area contributed by atoms with Crippen molar-refractivity contribution in [2.75, 3.05) is 7.05 Å². The van der Waals surface area contributed by atoms with Crippen molar-refractivity contribution in [2.24, 2.45) is 0 Å². The molecule has 0 unspecified atom stereocenters. The Kier molecular flexibility index (Phi) is 3.63. The van der Waals surface area contributed by atoms with Gasteiger partial charge in [0, 0.05) is 24.5 Å². The molecule has 0 amide bonds. The summed E-state index contributed by atoms with van der Waals surface area (Å²) in [6, 6.07) is 3.28. The van der Waals surface area contributed by atoms with Crippen molar-refractivity contribution in [3.8, 4) is 10.6 Å². The first kappa shape index (κ1) is 13.0. The third-order valence-electron chi connectivity index (χ3n) is 2.23. The van der Waals surface area contributed by atoms with Gasteiger partial charge < -0.3 is 5.32 Å². The molecule has 2 rings (SSSR count). The molecule has 7 heteroatoms. The van der Waals surface area contributed by atoms with E-state index >= 15 is 0 Å². The monoisotopic (exact) mass is 273 g/mol. The van der Waals surface area contributed by atoms with E-state index in [1.165, 1.54) is 12.4 Å². The van der Waals surface area contributed by atoms with Crippen LogP contribution < -0.4 is 5.32 Å². The SMILES string of the molecule is CNCc1sc(-c2ccncc2)nc1C(F)(F)F. The molecule has 3 nitrogen and oxygen atoms in total. The normalized spacial score (nSPS) is 11.8. The molecule has 0 saturated carbocycles. The van der Waals surface area contributed by atoms with Gasteiger partial charge in [-0.15, -0.1) is 11.3 Å². The summed E-state index contributed by atoms with van der Waals surface area (Å²) < 4.78 is 38.4. The van der Waals surface area contributed by atoms with Gasteiger partial charge in [-0.1, -0.05) is 0 Å². The van der Waals surface area contributed by atoms with Crippen LogP contribution in [0.15, 0.2) is 24.5 Å². The molecular formula is C11H10F3N3S. The molecule has 96 valence electrons. The lowest BCUT2D eigenvalue weighted by molar-refractivity contribution is -0.141. The van der Waals surface area contributed by atoms with Crippen LogP contribution in [0.2, 0.25) is 0 Å². The lowest BCUT2D eigenvalue weighted by atomic mass is 10.3. The fraction of sp³-hybridized carbons (Fsp3) is 0.273. The van der Waals surface area contributed by atoms with Crippen LogP contribution in [0.4, 0.5) is 13.2 Å². The Balaban J connectivity index is 2.46. The first-order valence-electron chi connectivity index (χ1n) is 5.14. The predicted octanol–water partition coefficient (Wildman–Crippen LogP) is 2.94. The van der Waals surface area contributed by atoms with Crippen LogP contribution in [0.3, 0.4) is 0 Å². The maximum atomic E-state index is 12.8. The molecule has 0 radical (unpaired) electrons. The number of hydrogen-bond donors (Lipinski definition) is 1. The van der Waals surface area contributed by atoms with Gasteiger partial charge in [0.15, 0.2) is 5.69 Å². The van der Waals surface area contributed by atoms with Crippen molar-refractivity contribution in [1.29, 1.82) is 0 Å². The standard InChI is InChI=1S/C11H10F3N3S/c1-15-6-8-9(11(12,13)14)17-10(18-8)7-2-4-16-5-3-7/h2-5,15H,6H2,1H3. The fourth-order valence-corrected chi connectivity index (χ4v) is 2.57. The number of pyridine rings is 1. The zero-order chi connectivity index (χ0) is 13.2. The highest BCUT2D eigenvalue weighted by molar-refractivity contribution is 7.15. The second-order valence-electron chi connectivity index (χ2n) is 3.55. The van der Waals surface area contributed by atoms with Crippen LogP contribution >= 0.6 is 11.3 Å². The Hall–Kier alpha value is -1.47. The van der Waals surface area contributed by atoms with Gasteiger partial charge in [-0.05, 0) is 19.2 Å². The molecule has 0 saturated heterocycles. The molecular weight excluding hydrogens is 263 g/mol. The maximum absolute atomic E-state index is 12.8. The summed E-state index contributed by atoms with van der Waals surface area (Å²) in [6.07, 6.45) is -1.36. The van der Waals surface area contributed by atoms with Crippen LogP contribution in [0.25, 0.3) is 10.6 Å².